The van der Waals surface area contributed by atoms with Crippen molar-refractivity contribution in [2.45, 2.75) is 12.8 Å². The van der Waals surface area contributed by atoms with Gasteiger partial charge in [0.25, 0.3) is 0 Å². The Morgan fingerprint density at radius 1 is 1.67 bits per heavy atom. The van der Waals surface area contributed by atoms with Gasteiger partial charge in [0.15, 0.2) is 0 Å². The quantitative estimate of drug-likeness (QED) is 0.553. The van der Waals surface area contributed by atoms with E-state index in [0.29, 0.717) is 0 Å². The number of carbonyl (C=O) groups excluding carboxylic acids is 1. The van der Waals surface area contributed by atoms with Gasteiger partial charge in [0.2, 0.25) is 12.3 Å². The summed E-state index contributed by atoms with van der Waals surface area (Å²) in [6.45, 7) is 0.135. The molecule has 1 saturated heterocycles. The van der Waals surface area contributed by atoms with Crippen LogP contribution in [0.4, 0.5) is 8.78 Å². The topological polar surface area (TPSA) is 29.1 Å². The highest BCUT2D eigenvalue weighted by atomic mass is 19.3. The largest absolute Gasteiger partial charge is 0.356 e. The summed E-state index contributed by atoms with van der Waals surface area (Å²) in [4.78, 5) is 10.3. The van der Waals surface area contributed by atoms with Gasteiger partial charge in [0.1, 0.15) is 0 Å². The molecule has 0 aromatic rings. The molecule has 0 radical (unpaired) electrons. The average Bonchev–Trinajstić information content (AvgIpc) is 2.14. The van der Waals surface area contributed by atoms with Crippen molar-refractivity contribution in [1.82, 2.24) is 5.32 Å². The Morgan fingerprint density at radius 3 is 2.56 bits per heavy atom. The van der Waals surface area contributed by atoms with E-state index in [0.717, 1.165) is 0 Å². The van der Waals surface area contributed by atoms with Crippen LogP contribution in [0.2, 0.25) is 0 Å². The minimum absolute atomic E-state index is 0.0162. The third kappa shape index (κ3) is 1.37. The Morgan fingerprint density at radius 2 is 2.33 bits per heavy atom. The SMILES string of the molecule is O=C1C[C@@H](C(F)F)CN1. The maximum atomic E-state index is 11.7. The zero-order valence-corrected chi connectivity index (χ0v) is 4.73. The van der Waals surface area contributed by atoms with Gasteiger partial charge in [-0.1, -0.05) is 0 Å². The first kappa shape index (κ1) is 6.45. The van der Waals surface area contributed by atoms with Crippen LogP contribution < -0.4 is 5.32 Å². The standard InChI is InChI=1S/C5H7F2NO/c6-5(7)3-1-4(9)8-2-3/h3,5H,1-2H2,(H,8,9)/t3-/m1/s1. The van der Waals surface area contributed by atoms with E-state index in [1.807, 2.05) is 0 Å². The number of halogens is 2. The zero-order chi connectivity index (χ0) is 6.85. The van der Waals surface area contributed by atoms with E-state index in [4.69, 9.17) is 0 Å². The molecule has 1 N–H and O–H groups in total. The van der Waals surface area contributed by atoms with Crippen LogP contribution in [0.1, 0.15) is 6.42 Å². The van der Waals surface area contributed by atoms with Gasteiger partial charge in [-0.3, -0.25) is 4.79 Å². The Bertz CT molecular complexity index is 126. The second kappa shape index (κ2) is 2.29. The lowest BCUT2D eigenvalue weighted by atomic mass is 10.1. The molecule has 9 heavy (non-hydrogen) atoms. The molecule has 52 valence electrons. The number of rotatable bonds is 1. The van der Waals surface area contributed by atoms with Crippen molar-refractivity contribution in [3.8, 4) is 0 Å². The highest BCUT2D eigenvalue weighted by molar-refractivity contribution is 5.78. The van der Waals surface area contributed by atoms with Gasteiger partial charge in [-0.15, -0.1) is 0 Å². The van der Waals surface area contributed by atoms with E-state index in [9.17, 15) is 13.6 Å². The van der Waals surface area contributed by atoms with Gasteiger partial charge >= 0.3 is 0 Å². The molecular formula is C5H7F2NO. The van der Waals surface area contributed by atoms with Crippen LogP contribution in [-0.2, 0) is 4.79 Å². The van der Waals surface area contributed by atoms with Crippen LogP contribution in [0.25, 0.3) is 0 Å². The Hall–Kier alpha value is -0.670. The molecule has 2 nitrogen and oxygen atoms in total. The van der Waals surface area contributed by atoms with Gasteiger partial charge in [-0.25, -0.2) is 8.78 Å². The Balaban J connectivity index is 2.39. The fourth-order valence-corrected chi connectivity index (χ4v) is 0.806. The molecule has 0 aromatic carbocycles. The summed E-state index contributed by atoms with van der Waals surface area (Å²) in [6.07, 6.45) is -2.37. The van der Waals surface area contributed by atoms with Crippen molar-refractivity contribution in [2.75, 3.05) is 6.54 Å². The van der Waals surface area contributed by atoms with Gasteiger partial charge in [-0.05, 0) is 0 Å². The van der Waals surface area contributed by atoms with Gasteiger partial charge in [0, 0.05) is 18.9 Å². The molecule has 1 atom stereocenters. The van der Waals surface area contributed by atoms with E-state index in [2.05, 4.69) is 5.32 Å². The summed E-state index contributed by atoms with van der Waals surface area (Å²) in [7, 11) is 0. The van der Waals surface area contributed by atoms with Crippen molar-refractivity contribution >= 4 is 5.91 Å². The van der Waals surface area contributed by atoms with E-state index in [-0.39, 0.29) is 18.9 Å². The maximum Gasteiger partial charge on any atom is 0.243 e. The third-order valence-electron chi connectivity index (χ3n) is 1.37. The lowest BCUT2D eigenvalue weighted by Gasteiger charge is -2.01. The fraction of sp³-hybridized carbons (Fsp3) is 0.800. The molecule has 0 aliphatic carbocycles. The van der Waals surface area contributed by atoms with Crippen molar-refractivity contribution < 1.29 is 13.6 Å². The summed E-state index contributed by atoms with van der Waals surface area (Å²) in [5.41, 5.74) is 0. The van der Waals surface area contributed by atoms with E-state index < -0.39 is 12.3 Å². The molecule has 1 fully saturated rings. The normalized spacial score (nSPS) is 27.0. The van der Waals surface area contributed by atoms with Crippen LogP contribution in [-0.4, -0.2) is 18.9 Å². The summed E-state index contributed by atoms with van der Waals surface area (Å²) in [5.74, 6) is -1.02. The molecule has 0 aromatic heterocycles. The van der Waals surface area contributed by atoms with Crippen LogP contribution in [0.5, 0.6) is 0 Å². The summed E-state index contributed by atoms with van der Waals surface area (Å²) < 4.78 is 23.4. The number of hydrogen-bond donors (Lipinski definition) is 1. The highest BCUT2D eigenvalue weighted by Crippen LogP contribution is 2.16. The number of nitrogens with one attached hydrogen (secondary N) is 1. The van der Waals surface area contributed by atoms with Gasteiger partial charge in [0.05, 0.1) is 0 Å². The van der Waals surface area contributed by atoms with Crippen LogP contribution in [0.15, 0.2) is 0 Å². The molecule has 0 saturated carbocycles. The van der Waals surface area contributed by atoms with Crippen LogP contribution in [0.3, 0.4) is 0 Å². The molecule has 0 spiro atoms. The number of alkyl halides is 2. The van der Waals surface area contributed by atoms with Crippen molar-refractivity contribution in [1.29, 1.82) is 0 Å². The predicted molar refractivity (Wildman–Crippen MR) is 27.1 cm³/mol. The maximum absolute atomic E-state index is 11.7. The smallest absolute Gasteiger partial charge is 0.243 e. The third-order valence-corrected chi connectivity index (χ3v) is 1.37. The Labute approximate surface area is 51.2 Å². The monoisotopic (exact) mass is 135 g/mol. The second-order valence-electron chi connectivity index (χ2n) is 2.10. The molecule has 1 aliphatic heterocycles. The molecule has 1 aliphatic rings. The van der Waals surface area contributed by atoms with Gasteiger partial charge in [-0.2, -0.15) is 0 Å². The second-order valence-corrected chi connectivity index (χ2v) is 2.10. The highest BCUT2D eigenvalue weighted by Gasteiger charge is 2.28. The predicted octanol–water partition coefficient (Wildman–Crippen LogP) is 0.388. The lowest BCUT2D eigenvalue weighted by Crippen LogP contribution is -2.16. The first-order valence-electron chi connectivity index (χ1n) is 2.75. The molecule has 4 heteroatoms. The molecular weight excluding hydrogens is 128 g/mol. The van der Waals surface area contributed by atoms with E-state index >= 15 is 0 Å². The van der Waals surface area contributed by atoms with Crippen molar-refractivity contribution in [3.63, 3.8) is 0 Å². The summed E-state index contributed by atoms with van der Waals surface area (Å²) in [6, 6.07) is 0. The lowest BCUT2D eigenvalue weighted by molar-refractivity contribution is -0.119. The molecule has 1 heterocycles. The van der Waals surface area contributed by atoms with Crippen molar-refractivity contribution in [2.24, 2.45) is 5.92 Å². The van der Waals surface area contributed by atoms with Crippen LogP contribution in [0, 0.1) is 5.92 Å². The molecule has 1 rings (SSSR count). The number of carbonyl (C=O) groups is 1. The zero-order valence-electron chi connectivity index (χ0n) is 4.73. The summed E-state index contributed by atoms with van der Waals surface area (Å²) >= 11 is 0. The number of hydrogen-bond acceptors (Lipinski definition) is 1. The first-order valence-corrected chi connectivity index (χ1v) is 2.75. The van der Waals surface area contributed by atoms with Gasteiger partial charge < -0.3 is 5.32 Å². The van der Waals surface area contributed by atoms with E-state index in [1.165, 1.54) is 0 Å². The number of amides is 1. The minimum Gasteiger partial charge on any atom is -0.356 e. The van der Waals surface area contributed by atoms with Crippen LogP contribution >= 0.6 is 0 Å². The first-order chi connectivity index (χ1) is 4.20. The fourth-order valence-electron chi connectivity index (χ4n) is 0.806. The Kier molecular flexibility index (Phi) is 1.64. The van der Waals surface area contributed by atoms with E-state index in [1.54, 1.807) is 0 Å². The van der Waals surface area contributed by atoms with Crippen molar-refractivity contribution in [3.05, 3.63) is 0 Å². The molecule has 0 unspecified atom stereocenters. The average molecular weight is 135 g/mol. The summed E-state index contributed by atoms with van der Waals surface area (Å²) in [5, 5.41) is 2.33. The molecule has 1 amide bonds. The molecule has 0 bridgehead atoms. The minimum atomic E-state index is -2.36.